The smallest absolute Gasteiger partial charge is 0.281 e. The molecule has 5 heteroatoms. The predicted molar refractivity (Wildman–Crippen MR) is 112 cm³/mol. The third-order valence-corrected chi connectivity index (χ3v) is 4.50. The summed E-state index contributed by atoms with van der Waals surface area (Å²) < 4.78 is 0. The third kappa shape index (κ3) is 4.10. The summed E-state index contributed by atoms with van der Waals surface area (Å²) in [5, 5.41) is 15.4. The molecule has 1 amide bonds. The van der Waals surface area contributed by atoms with Crippen LogP contribution in [0, 0.1) is 0 Å². The number of carbonyl (C=O) groups excluding carboxylic acids is 1. The summed E-state index contributed by atoms with van der Waals surface area (Å²) in [5.41, 5.74) is 3.50. The largest absolute Gasteiger partial charge is 0.378 e. The SMILES string of the molecule is CN(C)c1ccc(C=NNC(=O)C(O)(c2ccccc2)c2ccccc2)cc1. The van der Waals surface area contributed by atoms with Gasteiger partial charge in [-0.15, -0.1) is 0 Å². The lowest BCUT2D eigenvalue weighted by Crippen LogP contribution is -2.43. The van der Waals surface area contributed by atoms with E-state index in [9.17, 15) is 9.90 Å². The number of benzene rings is 3. The molecule has 3 aromatic carbocycles. The van der Waals surface area contributed by atoms with E-state index in [1.54, 1.807) is 54.7 Å². The van der Waals surface area contributed by atoms with Crippen LogP contribution in [0.15, 0.2) is 90.0 Å². The standard InChI is InChI=1S/C23H23N3O2/c1-26(2)21-15-13-18(14-16-21)17-24-25-22(27)23(28,19-9-5-3-6-10-19)20-11-7-4-8-12-20/h3-17,28H,1-2H3,(H,25,27). The minimum Gasteiger partial charge on any atom is -0.378 e. The molecular formula is C23H23N3O2. The first-order valence-corrected chi connectivity index (χ1v) is 8.96. The Kier molecular flexibility index (Phi) is 5.87. The van der Waals surface area contributed by atoms with Gasteiger partial charge in [-0.2, -0.15) is 5.10 Å². The summed E-state index contributed by atoms with van der Waals surface area (Å²) in [6, 6.07) is 25.4. The summed E-state index contributed by atoms with van der Waals surface area (Å²) in [5.74, 6) is -0.619. The maximum absolute atomic E-state index is 12.9. The Morgan fingerprint density at radius 1 is 0.893 bits per heavy atom. The molecule has 0 aliphatic rings. The number of hydrogen-bond acceptors (Lipinski definition) is 4. The lowest BCUT2D eigenvalue weighted by Gasteiger charge is -2.27. The number of rotatable bonds is 6. The van der Waals surface area contributed by atoms with Crippen molar-refractivity contribution in [2.24, 2.45) is 5.10 Å². The van der Waals surface area contributed by atoms with Crippen LogP contribution in [0.1, 0.15) is 16.7 Å². The molecule has 28 heavy (non-hydrogen) atoms. The van der Waals surface area contributed by atoms with Gasteiger partial charge in [0, 0.05) is 19.8 Å². The molecule has 0 saturated heterocycles. The molecule has 0 heterocycles. The van der Waals surface area contributed by atoms with Gasteiger partial charge < -0.3 is 10.0 Å². The van der Waals surface area contributed by atoms with Crippen LogP contribution < -0.4 is 10.3 Å². The summed E-state index contributed by atoms with van der Waals surface area (Å²) >= 11 is 0. The van der Waals surface area contributed by atoms with Crippen LogP contribution in [0.3, 0.4) is 0 Å². The number of amides is 1. The molecule has 3 aromatic rings. The number of hydrazone groups is 1. The molecule has 0 unspecified atom stereocenters. The summed E-state index contributed by atoms with van der Waals surface area (Å²) in [7, 11) is 3.94. The second-order valence-corrected chi connectivity index (χ2v) is 6.63. The van der Waals surface area contributed by atoms with Gasteiger partial charge >= 0.3 is 0 Å². The maximum atomic E-state index is 12.9. The van der Waals surface area contributed by atoms with Crippen molar-refractivity contribution in [1.29, 1.82) is 0 Å². The normalized spacial score (nSPS) is 11.4. The van der Waals surface area contributed by atoms with Gasteiger partial charge in [0.05, 0.1) is 6.21 Å². The van der Waals surface area contributed by atoms with E-state index in [0.29, 0.717) is 11.1 Å². The van der Waals surface area contributed by atoms with Crippen molar-refractivity contribution in [2.45, 2.75) is 5.60 Å². The lowest BCUT2D eigenvalue weighted by molar-refractivity contribution is -0.136. The quantitative estimate of drug-likeness (QED) is 0.515. The highest BCUT2D eigenvalue weighted by Crippen LogP contribution is 2.29. The fourth-order valence-electron chi connectivity index (χ4n) is 2.89. The summed E-state index contributed by atoms with van der Waals surface area (Å²) in [6.07, 6.45) is 1.55. The van der Waals surface area contributed by atoms with E-state index >= 15 is 0 Å². The molecule has 0 aromatic heterocycles. The van der Waals surface area contributed by atoms with Crippen LogP contribution in [0.4, 0.5) is 5.69 Å². The Hall–Kier alpha value is -3.44. The van der Waals surface area contributed by atoms with E-state index in [-0.39, 0.29) is 0 Å². The monoisotopic (exact) mass is 373 g/mol. The van der Waals surface area contributed by atoms with Crippen molar-refractivity contribution in [3.8, 4) is 0 Å². The molecule has 0 radical (unpaired) electrons. The maximum Gasteiger partial charge on any atom is 0.281 e. The van der Waals surface area contributed by atoms with Crippen LogP contribution in [0.2, 0.25) is 0 Å². The highest BCUT2D eigenvalue weighted by Gasteiger charge is 2.39. The van der Waals surface area contributed by atoms with E-state index in [0.717, 1.165) is 11.3 Å². The molecule has 0 aliphatic heterocycles. The van der Waals surface area contributed by atoms with E-state index in [2.05, 4.69) is 10.5 Å². The molecule has 0 bridgehead atoms. The van der Waals surface area contributed by atoms with Crippen LogP contribution in [0.25, 0.3) is 0 Å². The Bertz CT molecular complexity index is 897. The first-order chi connectivity index (χ1) is 13.5. The van der Waals surface area contributed by atoms with Crippen molar-refractivity contribution in [1.82, 2.24) is 5.43 Å². The highest BCUT2D eigenvalue weighted by atomic mass is 16.3. The van der Waals surface area contributed by atoms with Crippen LogP contribution in [-0.4, -0.2) is 31.3 Å². The first-order valence-electron chi connectivity index (χ1n) is 8.96. The Labute approximate surface area is 165 Å². The number of carbonyl (C=O) groups is 1. The third-order valence-electron chi connectivity index (χ3n) is 4.50. The zero-order valence-corrected chi connectivity index (χ0v) is 15.9. The van der Waals surface area contributed by atoms with Crippen molar-refractivity contribution >= 4 is 17.8 Å². The minimum atomic E-state index is -1.84. The van der Waals surface area contributed by atoms with E-state index in [4.69, 9.17) is 0 Å². The summed E-state index contributed by atoms with van der Waals surface area (Å²) in [6.45, 7) is 0. The fourth-order valence-corrected chi connectivity index (χ4v) is 2.89. The van der Waals surface area contributed by atoms with Gasteiger partial charge in [0.1, 0.15) is 0 Å². The molecule has 3 rings (SSSR count). The van der Waals surface area contributed by atoms with E-state index in [1.807, 2.05) is 55.4 Å². The number of aliphatic hydroxyl groups is 1. The average molecular weight is 373 g/mol. The van der Waals surface area contributed by atoms with Crippen molar-refractivity contribution in [2.75, 3.05) is 19.0 Å². The topological polar surface area (TPSA) is 64.9 Å². The second kappa shape index (κ2) is 8.50. The molecule has 5 nitrogen and oxygen atoms in total. The zero-order chi connectivity index (χ0) is 20.0. The summed E-state index contributed by atoms with van der Waals surface area (Å²) in [4.78, 5) is 14.9. The van der Waals surface area contributed by atoms with Gasteiger partial charge in [-0.05, 0) is 28.8 Å². The minimum absolute atomic E-state index is 0.476. The zero-order valence-electron chi connectivity index (χ0n) is 15.9. The van der Waals surface area contributed by atoms with Crippen LogP contribution >= 0.6 is 0 Å². The molecule has 2 N–H and O–H groups in total. The second-order valence-electron chi connectivity index (χ2n) is 6.63. The number of hydrogen-bond donors (Lipinski definition) is 2. The first kappa shape index (κ1) is 19.3. The average Bonchev–Trinajstić information content (AvgIpc) is 2.74. The number of nitrogens with one attached hydrogen (secondary N) is 1. The molecular weight excluding hydrogens is 350 g/mol. The Morgan fingerprint density at radius 2 is 1.39 bits per heavy atom. The van der Waals surface area contributed by atoms with Crippen LogP contribution in [0.5, 0.6) is 0 Å². The van der Waals surface area contributed by atoms with Crippen molar-refractivity contribution in [3.05, 3.63) is 102 Å². The van der Waals surface area contributed by atoms with Gasteiger partial charge in [-0.25, -0.2) is 5.43 Å². The molecule has 0 aliphatic carbocycles. The van der Waals surface area contributed by atoms with Crippen LogP contribution in [-0.2, 0) is 10.4 Å². The Morgan fingerprint density at radius 3 is 1.86 bits per heavy atom. The van der Waals surface area contributed by atoms with Crippen molar-refractivity contribution < 1.29 is 9.90 Å². The highest BCUT2D eigenvalue weighted by molar-refractivity contribution is 5.91. The number of nitrogens with zero attached hydrogens (tertiary/aromatic N) is 2. The van der Waals surface area contributed by atoms with Crippen molar-refractivity contribution in [3.63, 3.8) is 0 Å². The van der Waals surface area contributed by atoms with Gasteiger partial charge in [-0.3, -0.25) is 4.79 Å². The molecule has 0 saturated carbocycles. The van der Waals surface area contributed by atoms with E-state index < -0.39 is 11.5 Å². The van der Waals surface area contributed by atoms with Gasteiger partial charge in [0.15, 0.2) is 5.60 Å². The fraction of sp³-hybridized carbons (Fsp3) is 0.130. The molecule has 142 valence electrons. The number of anilines is 1. The van der Waals surface area contributed by atoms with E-state index in [1.165, 1.54) is 0 Å². The lowest BCUT2D eigenvalue weighted by atomic mass is 9.85. The van der Waals surface area contributed by atoms with Gasteiger partial charge in [0.2, 0.25) is 0 Å². The molecule has 0 fully saturated rings. The predicted octanol–water partition coefficient (Wildman–Crippen LogP) is 3.14. The molecule has 0 spiro atoms. The van der Waals surface area contributed by atoms with Gasteiger partial charge in [0.25, 0.3) is 5.91 Å². The Balaban J connectivity index is 1.82. The molecule has 0 atom stereocenters. The van der Waals surface area contributed by atoms with Gasteiger partial charge in [-0.1, -0.05) is 72.8 Å².